The van der Waals surface area contributed by atoms with E-state index in [1.54, 1.807) is 7.11 Å². The Labute approximate surface area is 188 Å². The van der Waals surface area contributed by atoms with Crippen LogP contribution in [0.5, 0.6) is 5.75 Å². The number of anilines is 2. The number of nitrogens with zero attached hydrogens (tertiary/aromatic N) is 5. The Bertz CT molecular complexity index is 1030. The number of hydrogen-bond acceptors (Lipinski definition) is 7. The summed E-state index contributed by atoms with van der Waals surface area (Å²) in [4.78, 5) is 19.8. The van der Waals surface area contributed by atoms with Crippen molar-refractivity contribution in [2.45, 2.75) is 26.4 Å². The van der Waals surface area contributed by atoms with E-state index in [1.807, 2.05) is 23.5 Å². The third-order valence-electron chi connectivity index (χ3n) is 6.18. The van der Waals surface area contributed by atoms with Crippen LogP contribution in [-0.4, -0.2) is 54.7 Å². The van der Waals surface area contributed by atoms with Crippen LogP contribution < -0.4 is 14.5 Å². The van der Waals surface area contributed by atoms with E-state index in [4.69, 9.17) is 14.7 Å². The Balaban J connectivity index is 1.20. The Hall–Kier alpha value is -2.64. The van der Waals surface area contributed by atoms with Crippen LogP contribution in [0.3, 0.4) is 0 Å². The van der Waals surface area contributed by atoms with Gasteiger partial charge in [0.2, 0.25) is 5.95 Å². The van der Waals surface area contributed by atoms with Crippen molar-refractivity contribution < 1.29 is 4.74 Å². The first-order chi connectivity index (χ1) is 15.2. The van der Waals surface area contributed by atoms with Gasteiger partial charge < -0.3 is 14.5 Å². The maximum absolute atomic E-state index is 5.27. The van der Waals surface area contributed by atoms with E-state index >= 15 is 0 Å². The fourth-order valence-corrected chi connectivity index (χ4v) is 5.33. The molecule has 0 saturated carbocycles. The lowest BCUT2D eigenvalue weighted by molar-refractivity contribution is 0.245. The number of piperazine rings is 1. The average Bonchev–Trinajstić information content (AvgIpc) is 3.23. The van der Waals surface area contributed by atoms with E-state index in [-0.39, 0.29) is 0 Å². The molecular formula is C24H29N5OS. The molecule has 4 heterocycles. The highest BCUT2D eigenvalue weighted by molar-refractivity contribution is 7.11. The highest BCUT2D eigenvalue weighted by Crippen LogP contribution is 2.25. The van der Waals surface area contributed by atoms with Crippen molar-refractivity contribution >= 4 is 23.0 Å². The summed E-state index contributed by atoms with van der Waals surface area (Å²) in [5.74, 6) is 1.78. The number of fused-ring (bicyclic) bond motifs is 1. The number of methoxy groups -OCH3 is 1. The van der Waals surface area contributed by atoms with Gasteiger partial charge in [-0.05, 0) is 43.3 Å². The molecular weight excluding hydrogens is 406 g/mol. The minimum Gasteiger partial charge on any atom is -0.497 e. The molecule has 0 spiro atoms. The number of rotatable bonds is 5. The SMILES string of the molecule is COc1ccc(N2CCN(c3ncc4c(n3)CCN(Cc3ccc(C)s3)C4)CC2)cc1. The third-order valence-corrected chi connectivity index (χ3v) is 7.16. The highest BCUT2D eigenvalue weighted by Gasteiger charge is 2.23. The number of ether oxygens (including phenoxy) is 1. The molecule has 0 amide bonds. The molecule has 7 heteroatoms. The summed E-state index contributed by atoms with van der Waals surface area (Å²) in [5.41, 5.74) is 3.74. The zero-order chi connectivity index (χ0) is 21.2. The fourth-order valence-electron chi connectivity index (χ4n) is 4.40. The molecule has 0 unspecified atom stereocenters. The number of benzene rings is 1. The molecule has 1 aromatic carbocycles. The Morgan fingerprint density at radius 1 is 0.968 bits per heavy atom. The van der Waals surface area contributed by atoms with Crippen LogP contribution in [-0.2, 0) is 19.5 Å². The molecule has 2 aliphatic rings. The molecule has 0 bridgehead atoms. The first kappa shape index (κ1) is 20.3. The lowest BCUT2D eigenvalue weighted by Gasteiger charge is -2.36. The fraction of sp³-hybridized carbons (Fsp3) is 0.417. The molecule has 162 valence electrons. The maximum Gasteiger partial charge on any atom is 0.225 e. The van der Waals surface area contributed by atoms with Crippen molar-refractivity contribution in [1.29, 1.82) is 0 Å². The summed E-state index contributed by atoms with van der Waals surface area (Å²) in [5, 5.41) is 0. The summed E-state index contributed by atoms with van der Waals surface area (Å²) >= 11 is 1.89. The van der Waals surface area contributed by atoms with Gasteiger partial charge in [-0.25, -0.2) is 9.97 Å². The van der Waals surface area contributed by atoms with Crippen LogP contribution in [0.4, 0.5) is 11.6 Å². The van der Waals surface area contributed by atoms with Gasteiger partial charge >= 0.3 is 0 Å². The Morgan fingerprint density at radius 2 is 1.74 bits per heavy atom. The number of aromatic nitrogens is 2. The van der Waals surface area contributed by atoms with Gasteiger partial charge in [-0.1, -0.05) is 0 Å². The van der Waals surface area contributed by atoms with Crippen LogP contribution in [0.2, 0.25) is 0 Å². The van der Waals surface area contributed by atoms with Crippen molar-refractivity contribution in [3.8, 4) is 5.75 Å². The van der Waals surface area contributed by atoms with Gasteiger partial charge in [-0.3, -0.25) is 4.90 Å². The van der Waals surface area contributed by atoms with Crippen LogP contribution >= 0.6 is 11.3 Å². The van der Waals surface area contributed by atoms with Crippen molar-refractivity contribution in [3.05, 3.63) is 63.6 Å². The second-order valence-corrected chi connectivity index (χ2v) is 9.66. The molecule has 0 radical (unpaired) electrons. The van der Waals surface area contributed by atoms with Gasteiger partial charge in [0.15, 0.2) is 0 Å². The van der Waals surface area contributed by atoms with Crippen LogP contribution in [0.15, 0.2) is 42.6 Å². The molecule has 6 nitrogen and oxygen atoms in total. The second-order valence-electron chi connectivity index (χ2n) is 8.29. The summed E-state index contributed by atoms with van der Waals surface area (Å²) in [6, 6.07) is 12.8. The van der Waals surface area contributed by atoms with Gasteiger partial charge in [0, 0.05) is 79.4 Å². The summed E-state index contributed by atoms with van der Waals surface area (Å²) in [6.45, 7) is 9.02. The predicted molar refractivity (Wildman–Crippen MR) is 126 cm³/mol. The smallest absolute Gasteiger partial charge is 0.225 e. The third kappa shape index (κ3) is 4.52. The van der Waals surface area contributed by atoms with E-state index in [1.165, 1.54) is 26.7 Å². The van der Waals surface area contributed by atoms with E-state index in [0.717, 1.165) is 63.9 Å². The van der Waals surface area contributed by atoms with Crippen molar-refractivity contribution in [3.63, 3.8) is 0 Å². The van der Waals surface area contributed by atoms with E-state index in [9.17, 15) is 0 Å². The molecule has 0 N–H and O–H groups in total. The minimum atomic E-state index is 0.885. The number of thiophene rings is 1. The van der Waals surface area contributed by atoms with Gasteiger partial charge in [0.25, 0.3) is 0 Å². The Kier molecular flexibility index (Phi) is 5.78. The van der Waals surface area contributed by atoms with Crippen molar-refractivity contribution in [2.75, 3.05) is 49.6 Å². The summed E-state index contributed by atoms with van der Waals surface area (Å²) in [7, 11) is 1.70. The van der Waals surface area contributed by atoms with Gasteiger partial charge in [-0.2, -0.15) is 0 Å². The topological polar surface area (TPSA) is 44.7 Å². The number of hydrogen-bond donors (Lipinski definition) is 0. The predicted octanol–water partition coefficient (Wildman–Crippen LogP) is 3.74. The highest BCUT2D eigenvalue weighted by atomic mass is 32.1. The van der Waals surface area contributed by atoms with Crippen LogP contribution in [0.25, 0.3) is 0 Å². The van der Waals surface area contributed by atoms with Crippen molar-refractivity contribution in [1.82, 2.24) is 14.9 Å². The summed E-state index contributed by atoms with van der Waals surface area (Å²) < 4.78 is 5.27. The summed E-state index contributed by atoms with van der Waals surface area (Å²) in [6.07, 6.45) is 3.06. The molecule has 1 fully saturated rings. The molecule has 2 aliphatic heterocycles. The first-order valence-electron chi connectivity index (χ1n) is 10.9. The Morgan fingerprint density at radius 3 is 2.45 bits per heavy atom. The monoisotopic (exact) mass is 435 g/mol. The largest absolute Gasteiger partial charge is 0.497 e. The zero-order valence-corrected chi connectivity index (χ0v) is 19.1. The van der Waals surface area contributed by atoms with Gasteiger partial charge in [0.1, 0.15) is 5.75 Å². The standard InChI is InChI=1S/C24H29N5OS/c1-18-3-8-22(31-18)17-27-10-9-23-19(16-27)15-25-24(26-23)29-13-11-28(12-14-29)20-4-6-21(30-2)7-5-20/h3-8,15H,9-14,16-17H2,1-2H3. The lowest BCUT2D eigenvalue weighted by atomic mass is 10.1. The van der Waals surface area contributed by atoms with Gasteiger partial charge in [-0.15, -0.1) is 11.3 Å². The zero-order valence-electron chi connectivity index (χ0n) is 18.3. The van der Waals surface area contributed by atoms with Crippen LogP contribution in [0.1, 0.15) is 21.0 Å². The van der Waals surface area contributed by atoms with Crippen molar-refractivity contribution in [2.24, 2.45) is 0 Å². The normalized spacial score (nSPS) is 17.0. The molecule has 2 aromatic heterocycles. The molecule has 5 rings (SSSR count). The van der Waals surface area contributed by atoms with E-state index in [0.29, 0.717) is 0 Å². The van der Waals surface area contributed by atoms with Crippen LogP contribution in [0, 0.1) is 6.92 Å². The molecule has 0 atom stereocenters. The molecule has 31 heavy (non-hydrogen) atoms. The molecule has 1 saturated heterocycles. The first-order valence-corrected chi connectivity index (χ1v) is 11.8. The van der Waals surface area contributed by atoms with E-state index in [2.05, 4.69) is 52.1 Å². The lowest BCUT2D eigenvalue weighted by Crippen LogP contribution is -2.47. The van der Waals surface area contributed by atoms with E-state index < -0.39 is 0 Å². The minimum absolute atomic E-state index is 0.885. The molecule has 0 aliphatic carbocycles. The molecule has 3 aromatic rings. The maximum atomic E-state index is 5.27. The average molecular weight is 436 g/mol. The quantitative estimate of drug-likeness (QED) is 0.608. The second kappa shape index (κ2) is 8.85. The number of aryl methyl sites for hydroxylation is 1. The van der Waals surface area contributed by atoms with Gasteiger partial charge in [0.05, 0.1) is 12.8 Å².